The van der Waals surface area contributed by atoms with Crippen LogP contribution >= 0.6 is 27.7 Å². The maximum absolute atomic E-state index is 12.2. The molecule has 128 valence electrons. The minimum Gasteiger partial charge on any atom is -0.325 e. The van der Waals surface area contributed by atoms with E-state index in [1.165, 1.54) is 11.8 Å². The quantitative estimate of drug-likeness (QED) is 0.713. The van der Waals surface area contributed by atoms with E-state index < -0.39 is 15.9 Å². The van der Waals surface area contributed by atoms with Gasteiger partial charge in [0.1, 0.15) is 6.54 Å². The highest BCUT2D eigenvalue weighted by molar-refractivity contribution is 9.10. The van der Waals surface area contributed by atoms with Crippen LogP contribution in [0, 0.1) is 0 Å². The lowest BCUT2D eigenvalue weighted by atomic mass is 10.3. The van der Waals surface area contributed by atoms with Gasteiger partial charge in [-0.1, -0.05) is 22.0 Å². The summed E-state index contributed by atoms with van der Waals surface area (Å²) in [5, 5.41) is 2.70. The van der Waals surface area contributed by atoms with Crippen molar-refractivity contribution < 1.29 is 13.2 Å². The molecule has 0 aliphatic heterocycles. The van der Waals surface area contributed by atoms with Crippen molar-refractivity contribution in [3.63, 3.8) is 0 Å². The molecule has 0 saturated carbocycles. The Kier molecular flexibility index (Phi) is 6.31. The number of sulfonamides is 1. The van der Waals surface area contributed by atoms with E-state index >= 15 is 0 Å². The molecule has 0 heterocycles. The van der Waals surface area contributed by atoms with Gasteiger partial charge in [0.25, 0.3) is 0 Å². The largest absolute Gasteiger partial charge is 0.325 e. The third-order valence-electron chi connectivity index (χ3n) is 3.16. The molecule has 2 aromatic carbocycles. The lowest BCUT2D eigenvalue weighted by Crippen LogP contribution is -2.37. The molecule has 0 fully saturated rings. The van der Waals surface area contributed by atoms with E-state index in [0.29, 0.717) is 11.4 Å². The maximum Gasteiger partial charge on any atom is 0.245 e. The Hall–Kier alpha value is -1.51. The minimum absolute atomic E-state index is 0.285. The van der Waals surface area contributed by atoms with E-state index in [4.69, 9.17) is 0 Å². The van der Waals surface area contributed by atoms with Crippen molar-refractivity contribution in [2.24, 2.45) is 0 Å². The van der Waals surface area contributed by atoms with Gasteiger partial charge in [-0.2, -0.15) is 0 Å². The fourth-order valence-electron chi connectivity index (χ4n) is 2.03. The number of benzene rings is 2. The number of carbonyl (C=O) groups is 1. The molecule has 5 nitrogen and oxygen atoms in total. The number of rotatable bonds is 6. The number of carbonyl (C=O) groups excluding carboxylic acids is 1. The Labute approximate surface area is 154 Å². The van der Waals surface area contributed by atoms with Gasteiger partial charge in [-0.05, 0) is 48.7 Å². The van der Waals surface area contributed by atoms with Crippen LogP contribution in [0.4, 0.5) is 11.4 Å². The summed E-state index contributed by atoms with van der Waals surface area (Å²) in [6.07, 6.45) is 3.00. The second-order valence-corrected chi connectivity index (χ2v) is 8.73. The van der Waals surface area contributed by atoms with Crippen molar-refractivity contribution in [3.8, 4) is 0 Å². The Bertz CT molecular complexity index is 823. The molecule has 8 heteroatoms. The van der Waals surface area contributed by atoms with Crippen molar-refractivity contribution in [1.82, 2.24) is 0 Å². The van der Waals surface area contributed by atoms with E-state index in [2.05, 4.69) is 21.2 Å². The molecule has 1 N–H and O–H groups in total. The summed E-state index contributed by atoms with van der Waals surface area (Å²) in [5.74, 6) is -0.405. The molecule has 0 spiro atoms. The molecule has 0 aromatic heterocycles. The number of nitrogens with zero attached hydrogens (tertiary/aromatic N) is 1. The number of amides is 1. The second-order valence-electron chi connectivity index (χ2n) is 5.03. The van der Waals surface area contributed by atoms with E-state index in [1.807, 2.05) is 12.3 Å². The summed E-state index contributed by atoms with van der Waals surface area (Å²) < 4.78 is 26.2. The van der Waals surface area contributed by atoms with Gasteiger partial charge in [-0.15, -0.1) is 11.8 Å². The van der Waals surface area contributed by atoms with Crippen molar-refractivity contribution >= 4 is 55.0 Å². The van der Waals surface area contributed by atoms with Crippen LogP contribution in [0.3, 0.4) is 0 Å². The molecule has 2 rings (SSSR count). The molecular formula is C16H17BrN2O3S2. The van der Waals surface area contributed by atoms with Gasteiger partial charge < -0.3 is 5.32 Å². The predicted octanol–water partition coefficient (Wildman–Crippen LogP) is 3.58. The zero-order valence-corrected chi connectivity index (χ0v) is 16.4. The summed E-state index contributed by atoms with van der Waals surface area (Å²) in [6, 6.07) is 14.1. The summed E-state index contributed by atoms with van der Waals surface area (Å²) >= 11 is 4.83. The van der Waals surface area contributed by atoms with Crippen LogP contribution in [0.5, 0.6) is 0 Å². The molecule has 0 aliphatic carbocycles. The third-order valence-corrected chi connectivity index (χ3v) is 5.55. The fourth-order valence-corrected chi connectivity index (χ4v) is 3.60. The van der Waals surface area contributed by atoms with Gasteiger partial charge in [-0.25, -0.2) is 8.42 Å². The summed E-state index contributed by atoms with van der Waals surface area (Å²) in [5.41, 5.74) is 1.07. The average molecular weight is 429 g/mol. The normalized spacial score (nSPS) is 11.1. The molecular weight excluding hydrogens is 412 g/mol. The number of halogens is 1. The molecule has 0 unspecified atom stereocenters. The van der Waals surface area contributed by atoms with Crippen molar-refractivity contribution in [3.05, 3.63) is 53.0 Å². The molecule has 0 aliphatic rings. The lowest BCUT2D eigenvalue weighted by Gasteiger charge is -2.22. The maximum atomic E-state index is 12.2. The van der Waals surface area contributed by atoms with Crippen LogP contribution in [0.2, 0.25) is 0 Å². The number of thioether (sulfide) groups is 1. The predicted molar refractivity (Wildman–Crippen MR) is 103 cm³/mol. The monoisotopic (exact) mass is 428 g/mol. The van der Waals surface area contributed by atoms with E-state index in [1.54, 1.807) is 42.5 Å². The fraction of sp³-hybridized carbons (Fsp3) is 0.188. The average Bonchev–Trinajstić information content (AvgIpc) is 2.54. The summed E-state index contributed by atoms with van der Waals surface area (Å²) in [4.78, 5) is 13.2. The van der Waals surface area contributed by atoms with Crippen LogP contribution in [0.15, 0.2) is 57.9 Å². The van der Waals surface area contributed by atoms with Crippen LogP contribution < -0.4 is 9.62 Å². The van der Waals surface area contributed by atoms with Gasteiger partial charge in [0.15, 0.2) is 0 Å². The van der Waals surface area contributed by atoms with E-state index in [9.17, 15) is 13.2 Å². The van der Waals surface area contributed by atoms with Crippen LogP contribution in [0.25, 0.3) is 0 Å². The summed E-state index contributed by atoms with van der Waals surface area (Å²) in [6.45, 7) is -0.285. The first-order valence-electron chi connectivity index (χ1n) is 6.97. The lowest BCUT2D eigenvalue weighted by molar-refractivity contribution is -0.114. The smallest absolute Gasteiger partial charge is 0.245 e. The Morgan fingerprint density at radius 3 is 2.46 bits per heavy atom. The van der Waals surface area contributed by atoms with Crippen LogP contribution in [0.1, 0.15) is 0 Å². The van der Waals surface area contributed by atoms with Crippen LogP contribution in [-0.4, -0.2) is 33.4 Å². The number of hydrogen-bond donors (Lipinski definition) is 1. The highest BCUT2D eigenvalue weighted by atomic mass is 79.9. The summed E-state index contributed by atoms with van der Waals surface area (Å²) in [7, 11) is -3.58. The van der Waals surface area contributed by atoms with E-state index in [-0.39, 0.29) is 6.54 Å². The standard InChI is InChI=1S/C16H17BrN2O3S2/c1-23-15-5-3-4-14(10-15)19(24(2,21)22)11-16(20)18-13-8-6-12(17)7-9-13/h3-10H,11H2,1-2H3,(H,18,20). The molecule has 0 saturated heterocycles. The van der Waals surface area contributed by atoms with Crippen molar-refractivity contribution in [2.45, 2.75) is 4.90 Å². The zero-order chi connectivity index (χ0) is 17.7. The molecule has 2 aromatic rings. The molecule has 0 radical (unpaired) electrons. The number of anilines is 2. The van der Waals surface area contributed by atoms with E-state index in [0.717, 1.165) is 19.9 Å². The second kappa shape index (κ2) is 8.04. The highest BCUT2D eigenvalue weighted by Gasteiger charge is 2.21. The Balaban J connectivity index is 2.20. The molecule has 1 amide bonds. The van der Waals surface area contributed by atoms with Crippen LogP contribution in [-0.2, 0) is 14.8 Å². The molecule has 24 heavy (non-hydrogen) atoms. The third kappa shape index (κ3) is 5.25. The highest BCUT2D eigenvalue weighted by Crippen LogP contribution is 2.24. The zero-order valence-electron chi connectivity index (χ0n) is 13.2. The van der Waals surface area contributed by atoms with Gasteiger partial charge in [0.2, 0.25) is 15.9 Å². The number of hydrogen-bond acceptors (Lipinski definition) is 4. The number of nitrogens with one attached hydrogen (secondary N) is 1. The van der Waals surface area contributed by atoms with Crippen molar-refractivity contribution in [1.29, 1.82) is 0 Å². The topological polar surface area (TPSA) is 66.5 Å². The first kappa shape index (κ1) is 18.8. The first-order valence-corrected chi connectivity index (χ1v) is 10.8. The van der Waals surface area contributed by atoms with Gasteiger partial charge in [0.05, 0.1) is 11.9 Å². The SMILES string of the molecule is CSc1cccc(N(CC(=O)Nc2ccc(Br)cc2)S(C)(=O)=O)c1. The molecule has 0 bridgehead atoms. The Morgan fingerprint density at radius 2 is 1.88 bits per heavy atom. The minimum atomic E-state index is -3.58. The van der Waals surface area contributed by atoms with Gasteiger partial charge >= 0.3 is 0 Å². The Morgan fingerprint density at radius 1 is 1.21 bits per heavy atom. The van der Waals surface area contributed by atoms with Gasteiger partial charge in [-0.3, -0.25) is 9.10 Å². The molecule has 0 atom stereocenters. The van der Waals surface area contributed by atoms with Gasteiger partial charge in [0, 0.05) is 15.1 Å². The van der Waals surface area contributed by atoms with Crippen molar-refractivity contribution in [2.75, 3.05) is 28.7 Å². The first-order chi connectivity index (χ1) is 11.3.